The normalized spacial score (nSPS) is 10.6. The number of ether oxygens (including phenoxy) is 2. The van der Waals surface area contributed by atoms with E-state index in [1.54, 1.807) is 18.3 Å². The Labute approximate surface area is 209 Å². The van der Waals surface area contributed by atoms with E-state index in [1.165, 1.54) is 0 Å². The molecule has 0 aliphatic rings. The van der Waals surface area contributed by atoms with E-state index in [2.05, 4.69) is 48.5 Å². The van der Waals surface area contributed by atoms with Crippen molar-refractivity contribution in [3.05, 3.63) is 91.9 Å². The number of nitriles is 1. The average Bonchev–Trinajstić information content (AvgIpc) is 2.80. The second kappa shape index (κ2) is 12.2. The molecule has 0 atom stereocenters. The quantitative estimate of drug-likeness (QED) is 0.262. The predicted octanol–water partition coefficient (Wildman–Crippen LogP) is 5.75. The van der Waals surface area contributed by atoms with Gasteiger partial charge in [-0.05, 0) is 64.3 Å². The van der Waals surface area contributed by atoms with Crippen LogP contribution < -0.4 is 14.9 Å². The molecule has 0 heterocycles. The Morgan fingerprint density at radius 3 is 2.61 bits per heavy atom. The fourth-order valence-electron chi connectivity index (χ4n) is 2.98. The number of carbonyl (C=O) groups excluding carboxylic acids is 1. The van der Waals surface area contributed by atoms with Crippen molar-refractivity contribution in [1.82, 2.24) is 5.43 Å². The molecule has 0 unspecified atom stereocenters. The lowest BCUT2D eigenvalue weighted by atomic mass is 10.1. The molecule has 8 heteroatoms. The fourth-order valence-corrected chi connectivity index (χ4v) is 3.82. The minimum Gasteiger partial charge on any atom is -0.490 e. The number of nitrogens with one attached hydrogen (secondary N) is 1. The molecule has 0 aliphatic carbocycles. The highest BCUT2D eigenvalue weighted by molar-refractivity contribution is 9.10. The van der Waals surface area contributed by atoms with Crippen molar-refractivity contribution in [2.24, 2.45) is 5.10 Å². The molecule has 0 radical (unpaired) electrons. The monoisotopic (exact) mass is 569 g/mol. The fraction of sp³-hybridized carbons (Fsp3) is 0.160. The minimum absolute atomic E-state index is 0.214. The first-order valence-corrected chi connectivity index (χ1v) is 11.7. The first-order chi connectivity index (χ1) is 16.0. The van der Waals surface area contributed by atoms with Crippen molar-refractivity contribution in [2.75, 3.05) is 6.61 Å². The molecule has 1 amide bonds. The third-order valence-corrected chi connectivity index (χ3v) is 5.64. The Bertz CT molecular complexity index is 1190. The number of rotatable bonds is 9. The molecule has 3 rings (SSSR count). The number of hydrogen-bond acceptors (Lipinski definition) is 5. The van der Waals surface area contributed by atoms with Crippen molar-refractivity contribution in [3.63, 3.8) is 0 Å². The van der Waals surface area contributed by atoms with Gasteiger partial charge in [0.05, 0.1) is 35.3 Å². The maximum atomic E-state index is 12.1. The standard InChI is InChI=1S/C25H21Br2N3O3/c1-2-32-23-12-18(15-29-30-24(31)13-17-7-9-21(26)10-8-17)11-22(27)25(23)33-16-20-6-4-3-5-19(20)14-28/h3-12,15H,2,13,16H2,1H3,(H,30,31)/b29-15+. The van der Waals surface area contributed by atoms with E-state index in [4.69, 9.17) is 9.47 Å². The van der Waals surface area contributed by atoms with E-state index in [1.807, 2.05) is 55.5 Å². The van der Waals surface area contributed by atoms with Crippen molar-refractivity contribution in [3.8, 4) is 17.6 Å². The lowest BCUT2D eigenvalue weighted by Gasteiger charge is -2.15. The predicted molar refractivity (Wildman–Crippen MR) is 134 cm³/mol. The second-order valence-corrected chi connectivity index (χ2v) is 8.69. The van der Waals surface area contributed by atoms with Gasteiger partial charge in [-0.25, -0.2) is 5.43 Å². The average molecular weight is 571 g/mol. The van der Waals surface area contributed by atoms with Crippen LogP contribution in [0.5, 0.6) is 11.5 Å². The summed E-state index contributed by atoms with van der Waals surface area (Å²) in [4.78, 5) is 12.1. The van der Waals surface area contributed by atoms with E-state index in [-0.39, 0.29) is 18.9 Å². The summed E-state index contributed by atoms with van der Waals surface area (Å²) in [6.07, 6.45) is 1.77. The Morgan fingerprint density at radius 2 is 1.88 bits per heavy atom. The van der Waals surface area contributed by atoms with E-state index >= 15 is 0 Å². The third kappa shape index (κ3) is 7.17. The molecule has 0 bridgehead atoms. The van der Waals surface area contributed by atoms with E-state index in [0.717, 1.165) is 21.2 Å². The summed E-state index contributed by atoms with van der Waals surface area (Å²) in [7, 11) is 0. The molecule has 168 valence electrons. The molecule has 0 saturated heterocycles. The number of hydrogen-bond donors (Lipinski definition) is 1. The Kier molecular flexibility index (Phi) is 9.04. The number of halogens is 2. The van der Waals surface area contributed by atoms with Crippen LogP contribution in [0.2, 0.25) is 0 Å². The van der Waals surface area contributed by atoms with Crippen LogP contribution in [0.1, 0.15) is 29.2 Å². The first-order valence-electron chi connectivity index (χ1n) is 10.1. The van der Waals surface area contributed by atoms with Crippen LogP contribution in [0, 0.1) is 11.3 Å². The van der Waals surface area contributed by atoms with Gasteiger partial charge in [0.1, 0.15) is 6.61 Å². The zero-order chi connectivity index (χ0) is 23.6. The number of nitrogens with zero attached hydrogens (tertiary/aromatic N) is 2. The van der Waals surface area contributed by atoms with Gasteiger partial charge in [-0.2, -0.15) is 10.4 Å². The molecule has 0 aliphatic heterocycles. The van der Waals surface area contributed by atoms with Gasteiger partial charge in [0.25, 0.3) is 0 Å². The van der Waals surface area contributed by atoms with Crippen LogP contribution in [0.4, 0.5) is 0 Å². The molecule has 0 aromatic heterocycles. The van der Waals surface area contributed by atoms with E-state index < -0.39 is 0 Å². The van der Waals surface area contributed by atoms with Gasteiger partial charge >= 0.3 is 0 Å². The topological polar surface area (TPSA) is 83.7 Å². The molecular weight excluding hydrogens is 550 g/mol. The molecule has 0 fully saturated rings. The van der Waals surface area contributed by atoms with Crippen LogP contribution in [0.15, 0.2) is 74.7 Å². The molecule has 0 spiro atoms. The Morgan fingerprint density at radius 1 is 1.12 bits per heavy atom. The van der Waals surface area contributed by atoms with Gasteiger partial charge in [-0.3, -0.25) is 4.79 Å². The number of amides is 1. The molecule has 6 nitrogen and oxygen atoms in total. The van der Waals surface area contributed by atoms with Gasteiger partial charge in [-0.1, -0.05) is 46.3 Å². The van der Waals surface area contributed by atoms with Crippen LogP contribution in [0.25, 0.3) is 0 Å². The smallest absolute Gasteiger partial charge is 0.244 e. The molecule has 3 aromatic carbocycles. The molecular formula is C25H21Br2N3O3. The zero-order valence-electron chi connectivity index (χ0n) is 17.8. The van der Waals surface area contributed by atoms with Gasteiger partial charge < -0.3 is 9.47 Å². The third-order valence-electron chi connectivity index (χ3n) is 4.52. The summed E-state index contributed by atoms with van der Waals surface area (Å²) in [6, 6.07) is 20.6. The minimum atomic E-state index is -0.214. The van der Waals surface area contributed by atoms with Gasteiger partial charge in [0.2, 0.25) is 5.91 Å². The second-order valence-electron chi connectivity index (χ2n) is 6.92. The summed E-state index contributed by atoms with van der Waals surface area (Å²) in [6.45, 7) is 2.55. The SMILES string of the molecule is CCOc1cc(/C=N/NC(=O)Cc2ccc(Br)cc2)cc(Br)c1OCc1ccccc1C#N. The number of carbonyl (C=O) groups is 1. The van der Waals surface area contributed by atoms with E-state index in [0.29, 0.717) is 28.1 Å². The molecule has 3 aromatic rings. The lowest BCUT2D eigenvalue weighted by Crippen LogP contribution is -2.19. The lowest BCUT2D eigenvalue weighted by molar-refractivity contribution is -0.120. The van der Waals surface area contributed by atoms with Crippen molar-refractivity contribution < 1.29 is 14.3 Å². The van der Waals surface area contributed by atoms with Gasteiger partial charge in [0.15, 0.2) is 11.5 Å². The van der Waals surface area contributed by atoms with Crippen LogP contribution in [0.3, 0.4) is 0 Å². The van der Waals surface area contributed by atoms with Crippen molar-refractivity contribution in [2.45, 2.75) is 20.0 Å². The molecule has 33 heavy (non-hydrogen) atoms. The highest BCUT2D eigenvalue weighted by atomic mass is 79.9. The number of hydrazone groups is 1. The highest BCUT2D eigenvalue weighted by Gasteiger charge is 2.13. The largest absolute Gasteiger partial charge is 0.490 e. The van der Waals surface area contributed by atoms with Crippen LogP contribution >= 0.6 is 31.9 Å². The van der Waals surface area contributed by atoms with Gasteiger partial charge in [-0.15, -0.1) is 0 Å². The Balaban J connectivity index is 1.68. The first kappa shape index (κ1) is 24.5. The molecule has 0 saturated carbocycles. The van der Waals surface area contributed by atoms with Crippen molar-refractivity contribution in [1.29, 1.82) is 5.26 Å². The summed E-state index contributed by atoms with van der Waals surface area (Å²) >= 11 is 6.90. The maximum absolute atomic E-state index is 12.1. The van der Waals surface area contributed by atoms with E-state index in [9.17, 15) is 10.1 Å². The summed E-state index contributed by atoms with van der Waals surface area (Å²) in [5, 5.41) is 13.3. The van der Waals surface area contributed by atoms with Crippen LogP contribution in [-0.4, -0.2) is 18.7 Å². The summed E-state index contributed by atoms with van der Waals surface area (Å²) < 4.78 is 13.4. The zero-order valence-corrected chi connectivity index (χ0v) is 21.0. The highest BCUT2D eigenvalue weighted by Crippen LogP contribution is 2.37. The van der Waals surface area contributed by atoms with Crippen LogP contribution in [-0.2, 0) is 17.8 Å². The maximum Gasteiger partial charge on any atom is 0.244 e. The summed E-state index contributed by atoms with van der Waals surface area (Å²) in [5.41, 5.74) is 5.51. The van der Waals surface area contributed by atoms with Gasteiger partial charge in [0, 0.05) is 10.0 Å². The molecule has 1 N–H and O–H groups in total. The number of benzene rings is 3. The Hall–Kier alpha value is -3.15. The van der Waals surface area contributed by atoms with Crippen molar-refractivity contribution >= 4 is 44.0 Å². The summed E-state index contributed by atoms with van der Waals surface area (Å²) in [5.74, 6) is 0.846.